The number of carbonyl (C=O) groups excluding carboxylic acids is 1. The Morgan fingerprint density at radius 3 is 2.75 bits per heavy atom. The van der Waals surface area contributed by atoms with Gasteiger partial charge in [-0.3, -0.25) is 0 Å². The van der Waals surface area contributed by atoms with Crippen molar-refractivity contribution in [3.8, 4) is 12.3 Å². The van der Waals surface area contributed by atoms with Crippen LogP contribution in [-0.4, -0.2) is 16.1 Å². The Balaban J connectivity index is 3.84. The minimum atomic E-state index is -0.734. The van der Waals surface area contributed by atoms with Crippen LogP contribution in [0.5, 0.6) is 0 Å². The van der Waals surface area contributed by atoms with Crippen LogP contribution in [0.25, 0.3) is 0 Å². The van der Waals surface area contributed by atoms with Crippen molar-refractivity contribution in [1.29, 1.82) is 0 Å². The topological polar surface area (TPSA) is 52.3 Å². The Labute approximate surface area is 86.2 Å². The van der Waals surface area contributed by atoms with E-state index in [4.69, 9.17) is 16.9 Å². The maximum absolute atomic E-state index is 10.4. The van der Waals surface area contributed by atoms with Gasteiger partial charge >= 0.3 is 6.09 Å². The van der Waals surface area contributed by atoms with Crippen LogP contribution in [0.3, 0.4) is 0 Å². The quantitative estimate of drug-likeness (QED) is 0.484. The summed E-state index contributed by atoms with van der Waals surface area (Å²) in [7, 11) is 0. The summed E-state index contributed by atoms with van der Waals surface area (Å²) in [5, 5.41) is 0. The number of primary amides is 1. The summed E-state index contributed by atoms with van der Waals surface area (Å²) in [6.07, 6.45) is 5.69. The molecular formula is C8H12INO2. The molecule has 0 rings (SSSR count). The fourth-order valence-electron chi connectivity index (χ4n) is 0.761. The van der Waals surface area contributed by atoms with Gasteiger partial charge in [-0.1, -0.05) is 35.4 Å². The molecule has 0 aromatic rings. The van der Waals surface area contributed by atoms with E-state index in [1.165, 1.54) is 0 Å². The van der Waals surface area contributed by atoms with Gasteiger partial charge in [-0.2, -0.15) is 0 Å². The molecule has 0 spiro atoms. The summed E-state index contributed by atoms with van der Waals surface area (Å²) in [6.45, 7) is 1.92. The molecule has 0 aromatic heterocycles. The molecule has 2 unspecified atom stereocenters. The van der Waals surface area contributed by atoms with Gasteiger partial charge in [-0.15, -0.1) is 6.42 Å². The fraction of sp³-hybridized carbons (Fsp3) is 0.625. The van der Waals surface area contributed by atoms with Gasteiger partial charge in [-0.05, 0) is 6.42 Å². The predicted molar refractivity (Wildman–Crippen MR) is 56.0 cm³/mol. The Kier molecular flexibility index (Phi) is 5.89. The lowest BCUT2D eigenvalue weighted by atomic mass is 10.1. The van der Waals surface area contributed by atoms with Crippen LogP contribution in [0.4, 0.5) is 4.79 Å². The first-order valence-electron chi connectivity index (χ1n) is 3.66. The summed E-state index contributed by atoms with van der Waals surface area (Å²) in [6, 6.07) is 0. The standard InChI is InChI=1S/C8H12INO2/c1-3-6(9)5-7(4-2)12-8(10)11/h1,6-7H,4-5H2,2H3,(H2,10,11). The van der Waals surface area contributed by atoms with Gasteiger partial charge in [0.1, 0.15) is 6.10 Å². The molecule has 12 heavy (non-hydrogen) atoms. The molecule has 0 aliphatic heterocycles. The van der Waals surface area contributed by atoms with Crippen LogP contribution in [0.2, 0.25) is 0 Å². The molecule has 3 nitrogen and oxygen atoms in total. The lowest BCUT2D eigenvalue weighted by molar-refractivity contribution is 0.101. The van der Waals surface area contributed by atoms with Crippen molar-refractivity contribution < 1.29 is 9.53 Å². The summed E-state index contributed by atoms with van der Waals surface area (Å²) in [5.41, 5.74) is 4.87. The number of nitrogens with two attached hydrogens (primary N) is 1. The van der Waals surface area contributed by atoms with Crippen molar-refractivity contribution in [2.24, 2.45) is 5.73 Å². The van der Waals surface area contributed by atoms with E-state index < -0.39 is 6.09 Å². The second-order valence-corrected chi connectivity index (χ2v) is 3.84. The number of terminal acetylenes is 1. The minimum Gasteiger partial charge on any atom is -0.446 e. The number of ether oxygens (including phenoxy) is 1. The molecular weight excluding hydrogens is 269 g/mol. The minimum absolute atomic E-state index is 0.0897. The maximum atomic E-state index is 10.4. The van der Waals surface area contributed by atoms with E-state index in [1.54, 1.807) is 0 Å². The molecule has 0 saturated carbocycles. The molecule has 2 atom stereocenters. The van der Waals surface area contributed by atoms with Crippen LogP contribution in [0.1, 0.15) is 19.8 Å². The lowest BCUT2D eigenvalue weighted by Gasteiger charge is -2.14. The van der Waals surface area contributed by atoms with E-state index in [-0.39, 0.29) is 10.0 Å². The summed E-state index contributed by atoms with van der Waals surface area (Å²) in [4.78, 5) is 10.4. The van der Waals surface area contributed by atoms with E-state index >= 15 is 0 Å². The zero-order valence-electron chi connectivity index (χ0n) is 6.92. The fourth-order valence-corrected chi connectivity index (χ4v) is 1.33. The molecule has 0 radical (unpaired) electrons. The average molecular weight is 281 g/mol. The molecule has 0 saturated heterocycles. The van der Waals surface area contributed by atoms with Crippen molar-refractivity contribution in [1.82, 2.24) is 0 Å². The highest BCUT2D eigenvalue weighted by Crippen LogP contribution is 2.12. The van der Waals surface area contributed by atoms with Crippen molar-refractivity contribution >= 4 is 28.7 Å². The van der Waals surface area contributed by atoms with Crippen molar-refractivity contribution in [2.75, 3.05) is 0 Å². The number of hydrogen-bond donors (Lipinski definition) is 1. The Morgan fingerprint density at radius 1 is 1.83 bits per heavy atom. The van der Waals surface area contributed by atoms with Crippen molar-refractivity contribution in [3.05, 3.63) is 0 Å². The highest BCUT2D eigenvalue weighted by molar-refractivity contribution is 14.1. The first-order chi connectivity index (χ1) is 5.60. The van der Waals surface area contributed by atoms with Gasteiger partial charge in [0, 0.05) is 6.42 Å². The first kappa shape index (κ1) is 11.6. The number of rotatable bonds is 4. The van der Waals surface area contributed by atoms with Gasteiger partial charge in [0.15, 0.2) is 0 Å². The van der Waals surface area contributed by atoms with Crippen LogP contribution in [0.15, 0.2) is 0 Å². The highest BCUT2D eigenvalue weighted by atomic mass is 127. The van der Waals surface area contributed by atoms with Crippen LogP contribution in [-0.2, 0) is 4.74 Å². The monoisotopic (exact) mass is 281 g/mol. The molecule has 0 aliphatic carbocycles. The van der Waals surface area contributed by atoms with E-state index in [2.05, 4.69) is 28.5 Å². The number of halogens is 1. The summed E-state index contributed by atoms with van der Waals surface area (Å²) >= 11 is 2.12. The summed E-state index contributed by atoms with van der Waals surface area (Å²) in [5.74, 6) is 2.56. The van der Waals surface area contributed by atoms with Crippen molar-refractivity contribution in [3.63, 3.8) is 0 Å². The normalized spacial score (nSPS) is 14.4. The summed E-state index contributed by atoms with van der Waals surface area (Å²) < 4.78 is 4.90. The third-order valence-electron chi connectivity index (χ3n) is 1.39. The number of carbonyl (C=O) groups is 1. The molecule has 0 aromatic carbocycles. The Morgan fingerprint density at radius 2 is 2.42 bits per heavy atom. The van der Waals surface area contributed by atoms with Gasteiger partial charge in [0.2, 0.25) is 0 Å². The molecule has 68 valence electrons. The lowest BCUT2D eigenvalue weighted by Crippen LogP contribution is -2.24. The van der Waals surface area contributed by atoms with Gasteiger partial charge in [-0.25, -0.2) is 4.79 Å². The SMILES string of the molecule is C#CC(I)CC(CC)OC(N)=O. The molecule has 0 fully saturated rings. The van der Waals surface area contributed by atoms with Gasteiger partial charge in [0.25, 0.3) is 0 Å². The third-order valence-corrected chi connectivity index (χ3v) is 2.26. The third kappa shape index (κ3) is 5.24. The van der Waals surface area contributed by atoms with Crippen LogP contribution < -0.4 is 5.73 Å². The maximum Gasteiger partial charge on any atom is 0.404 e. The molecule has 4 heteroatoms. The molecule has 0 heterocycles. The highest BCUT2D eigenvalue weighted by Gasteiger charge is 2.13. The largest absolute Gasteiger partial charge is 0.446 e. The van der Waals surface area contributed by atoms with Gasteiger partial charge in [0.05, 0.1) is 3.92 Å². The van der Waals surface area contributed by atoms with E-state index in [1.807, 2.05) is 6.92 Å². The predicted octanol–water partition coefficient (Wildman–Crippen LogP) is 1.69. The Bertz CT molecular complexity index is 188. The molecule has 1 amide bonds. The smallest absolute Gasteiger partial charge is 0.404 e. The second kappa shape index (κ2) is 6.12. The molecule has 2 N–H and O–H groups in total. The number of alkyl halides is 1. The number of amides is 1. The molecule has 0 bridgehead atoms. The number of hydrogen-bond acceptors (Lipinski definition) is 2. The van der Waals surface area contributed by atoms with Crippen LogP contribution in [0, 0.1) is 12.3 Å². The Hall–Kier alpha value is -0.440. The first-order valence-corrected chi connectivity index (χ1v) is 4.91. The van der Waals surface area contributed by atoms with Crippen molar-refractivity contribution in [2.45, 2.75) is 29.8 Å². The molecule has 0 aliphatic rings. The van der Waals surface area contributed by atoms with E-state index in [0.717, 1.165) is 6.42 Å². The second-order valence-electron chi connectivity index (χ2n) is 2.34. The van der Waals surface area contributed by atoms with E-state index in [9.17, 15) is 4.79 Å². The van der Waals surface area contributed by atoms with Crippen LogP contribution >= 0.6 is 22.6 Å². The van der Waals surface area contributed by atoms with Gasteiger partial charge < -0.3 is 10.5 Å². The van der Waals surface area contributed by atoms with E-state index in [0.29, 0.717) is 6.42 Å². The average Bonchev–Trinajstić information content (AvgIpc) is 2.02. The zero-order chi connectivity index (χ0) is 9.56. The zero-order valence-corrected chi connectivity index (χ0v) is 9.08.